The molecule has 0 bridgehead atoms. The van der Waals surface area contributed by atoms with Gasteiger partial charge in [-0.2, -0.15) is 0 Å². The number of hydrogen-bond acceptors (Lipinski definition) is 7. The highest BCUT2D eigenvalue weighted by Crippen LogP contribution is 2.33. The smallest absolute Gasteiger partial charge is 0.338 e. The molecule has 0 radical (unpaired) electrons. The Kier molecular flexibility index (Phi) is 7.59. The largest absolute Gasteiger partial charge is 0.465 e. The Morgan fingerprint density at radius 1 is 1.17 bits per heavy atom. The van der Waals surface area contributed by atoms with Crippen LogP contribution in [-0.2, 0) is 25.6 Å². The van der Waals surface area contributed by atoms with Crippen molar-refractivity contribution in [1.29, 1.82) is 0 Å². The summed E-state index contributed by atoms with van der Waals surface area (Å²) in [5.74, 6) is -1.01. The molecule has 0 unspecified atom stereocenters. The van der Waals surface area contributed by atoms with Gasteiger partial charge in [0.15, 0.2) is 5.17 Å². The second-order valence-corrected chi connectivity index (χ2v) is 9.42. The highest BCUT2D eigenvalue weighted by molar-refractivity contribution is 8.18. The van der Waals surface area contributed by atoms with Gasteiger partial charge in [0.2, 0.25) is 0 Å². The number of amides is 1. The maximum atomic E-state index is 12.8. The van der Waals surface area contributed by atoms with Crippen LogP contribution >= 0.6 is 11.8 Å². The highest BCUT2D eigenvalue weighted by Gasteiger charge is 2.25. The van der Waals surface area contributed by atoms with Crippen LogP contribution in [-0.4, -0.2) is 40.3 Å². The summed E-state index contributed by atoms with van der Waals surface area (Å²) in [6, 6.07) is 14.5. The summed E-state index contributed by atoms with van der Waals surface area (Å²) in [5, 5.41) is 4.13. The van der Waals surface area contributed by atoms with Gasteiger partial charge in [-0.1, -0.05) is 24.3 Å². The number of fused-ring (bicyclic) bond motifs is 1. The van der Waals surface area contributed by atoms with Crippen molar-refractivity contribution < 1.29 is 23.9 Å². The number of carbonyl (C=O) groups is 3. The Bertz CT molecular complexity index is 1400. The van der Waals surface area contributed by atoms with Crippen LogP contribution in [0.2, 0.25) is 0 Å². The first-order valence-electron chi connectivity index (χ1n) is 11.6. The third kappa shape index (κ3) is 5.52. The maximum Gasteiger partial charge on any atom is 0.338 e. The number of aliphatic imine (C=N–C) groups is 1. The monoisotopic (exact) mass is 505 g/mol. The van der Waals surface area contributed by atoms with E-state index in [-0.39, 0.29) is 24.5 Å². The van der Waals surface area contributed by atoms with E-state index in [0.29, 0.717) is 27.9 Å². The second kappa shape index (κ2) is 10.8. The van der Waals surface area contributed by atoms with Crippen LogP contribution in [0.15, 0.2) is 58.4 Å². The summed E-state index contributed by atoms with van der Waals surface area (Å²) in [6.45, 7) is 7.67. The van der Waals surface area contributed by atoms with E-state index in [0.717, 1.165) is 22.2 Å². The van der Waals surface area contributed by atoms with Gasteiger partial charge in [0.1, 0.15) is 6.54 Å². The topological polar surface area (TPSA) is 99.0 Å². The Labute approximate surface area is 213 Å². The number of ether oxygens (including phenoxy) is 2. The SMILES string of the molecule is CCOC(=O)Cn1c(C)c(/C=C2/SC(=Nc3cccc(C(=O)OC(C)C)c3)NC2=O)c2ccccc21. The fourth-order valence-corrected chi connectivity index (χ4v) is 4.72. The van der Waals surface area contributed by atoms with Crippen LogP contribution in [0.5, 0.6) is 0 Å². The van der Waals surface area contributed by atoms with E-state index in [1.165, 1.54) is 11.8 Å². The Hall–Kier alpha value is -3.85. The lowest BCUT2D eigenvalue weighted by molar-refractivity contribution is -0.143. The number of carbonyl (C=O) groups excluding carboxylic acids is 3. The zero-order valence-electron chi connectivity index (χ0n) is 20.5. The summed E-state index contributed by atoms with van der Waals surface area (Å²) >= 11 is 1.22. The minimum absolute atomic E-state index is 0.0883. The average Bonchev–Trinajstić information content (AvgIpc) is 3.31. The molecule has 1 amide bonds. The van der Waals surface area contributed by atoms with E-state index in [1.54, 1.807) is 45.0 Å². The van der Waals surface area contributed by atoms with Crippen molar-refractivity contribution in [1.82, 2.24) is 9.88 Å². The van der Waals surface area contributed by atoms with Gasteiger partial charge in [0, 0.05) is 22.2 Å². The van der Waals surface area contributed by atoms with E-state index >= 15 is 0 Å². The fourth-order valence-electron chi connectivity index (χ4n) is 3.89. The molecule has 2 heterocycles. The molecule has 2 aromatic carbocycles. The number of amidine groups is 1. The third-order valence-corrected chi connectivity index (χ3v) is 6.36. The number of benzene rings is 2. The predicted molar refractivity (Wildman–Crippen MR) is 141 cm³/mol. The number of esters is 2. The molecule has 9 heteroatoms. The standard InChI is InChI=1S/C27H27N3O5S/c1-5-34-24(31)15-30-17(4)21(20-11-6-7-12-22(20)30)14-23-25(32)29-27(36-23)28-19-10-8-9-18(13-19)26(33)35-16(2)3/h6-14,16H,5,15H2,1-4H3,(H,28,29,32)/b23-14+. The molecule has 1 aliphatic heterocycles. The molecule has 0 spiro atoms. The first-order chi connectivity index (χ1) is 17.3. The van der Waals surface area contributed by atoms with Crippen molar-refractivity contribution in [2.75, 3.05) is 6.61 Å². The molecule has 36 heavy (non-hydrogen) atoms. The normalized spacial score (nSPS) is 15.6. The number of hydrogen-bond donors (Lipinski definition) is 1. The molecule has 0 aliphatic carbocycles. The molecule has 3 aromatic rings. The van der Waals surface area contributed by atoms with Crippen LogP contribution in [0.3, 0.4) is 0 Å². The molecule has 1 aliphatic rings. The van der Waals surface area contributed by atoms with E-state index in [1.807, 2.05) is 41.8 Å². The van der Waals surface area contributed by atoms with Crippen LogP contribution in [0.4, 0.5) is 5.69 Å². The van der Waals surface area contributed by atoms with Gasteiger partial charge in [0.05, 0.1) is 28.9 Å². The second-order valence-electron chi connectivity index (χ2n) is 8.39. The lowest BCUT2D eigenvalue weighted by Crippen LogP contribution is -2.19. The summed E-state index contributed by atoms with van der Waals surface area (Å²) in [7, 11) is 0. The van der Waals surface area contributed by atoms with E-state index < -0.39 is 5.97 Å². The molecular formula is C27H27N3O5S. The number of thioether (sulfide) groups is 1. The Morgan fingerprint density at radius 3 is 2.69 bits per heavy atom. The molecule has 4 rings (SSSR count). The van der Waals surface area contributed by atoms with Crippen LogP contribution in [0, 0.1) is 6.92 Å². The maximum absolute atomic E-state index is 12.8. The first-order valence-corrected chi connectivity index (χ1v) is 12.4. The highest BCUT2D eigenvalue weighted by atomic mass is 32.2. The summed E-state index contributed by atoms with van der Waals surface area (Å²) in [5.41, 5.74) is 3.51. The number of nitrogens with zero attached hydrogens (tertiary/aromatic N) is 2. The molecular weight excluding hydrogens is 478 g/mol. The van der Waals surface area contributed by atoms with Gasteiger partial charge in [-0.15, -0.1) is 0 Å². The molecule has 0 saturated carbocycles. The molecule has 1 aromatic heterocycles. The van der Waals surface area contributed by atoms with Crippen molar-refractivity contribution in [3.05, 3.63) is 70.3 Å². The Morgan fingerprint density at radius 2 is 1.94 bits per heavy atom. The van der Waals surface area contributed by atoms with E-state index in [2.05, 4.69) is 10.3 Å². The van der Waals surface area contributed by atoms with Crippen molar-refractivity contribution in [3.8, 4) is 0 Å². The van der Waals surface area contributed by atoms with Crippen molar-refractivity contribution >= 4 is 57.4 Å². The van der Waals surface area contributed by atoms with Gasteiger partial charge in [-0.3, -0.25) is 9.59 Å². The van der Waals surface area contributed by atoms with Gasteiger partial charge in [-0.25, -0.2) is 9.79 Å². The number of aromatic nitrogens is 1. The molecule has 8 nitrogen and oxygen atoms in total. The summed E-state index contributed by atoms with van der Waals surface area (Å²) < 4.78 is 12.3. The Balaban J connectivity index is 1.63. The number of para-hydroxylation sites is 1. The quantitative estimate of drug-likeness (QED) is 0.360. The number of rotatable bonds is 7. The van der Waals surface area contributed by atoms with Crippen molar-refractivity contribution in [2.24, 2.45) is 4.99 Å². The third-order valence-electron chi connectivity index (χ3n) is 5.45. The predicted octanol–water partition coefficient (Wildman–Crippen LogP) is 4.97. The fraction of sp³-hybridized carbons (Fsp3) is 0.259. The van der Waals surface area contributed by atoms with Gasteiger partial charge >= 0.3 is 11.9 Å². The lowest BCUT2D eigenvalue weighted by Gasteiger charge is -2.08. The first kappa shape index (κ1) is 25.2. The molecule has 0 atom stereocenters. The molecule has 1 saturated heterocycles. The summed E-state index contributed by atoms with van der Waals surface area (Å²) in [6.07, 6.45) is 1.59. The molecule has 1 N–H and O–H groups in total. The average molecular weight is 506 g/mol. The van der Waals surface area contributed by atoms with Crippen LogP contribution in [0.1, 0.15) is 42.4 Å². The van der Waals surface area contributed by atoms with E-state index in [4.69, 9.17) is 9.47 Å². The minimum atomic E-state index is -0.426. The zero-order valence-corrected chi connectivity index (χ0v) is 21.3. The minimum Gasteiger partial charge on any atom is -0.465 e. The van der Waals surface area contributed by atoms with Gasteiger partial charge in [0.25, 0.3) is 5.91 Å². The van der Waals surface area contributed by atoms with Gasteiger partial charge in [-0.05, 0) is 69.8 Å². The van der Waals surface area contributed by atoms with Crippen LogP contribution in [0.25, 0.3) is 17.0 Å². The molecule has 186 valence electrons. The van der Waals surface area contributed by atoms with Crippen LogP contribution < -0.4 is 5.32 Å². The molecule has 1 fully saturated rings. The zero-order chi connectivity index (χ0) is 25.8. The number of nitrogens with one attached hydrogen (secondary N) is 1. The summed E-state index contributed by atoms with van der Waals surface area (Å²) in [4.78, 5) is 42.1. The van der Waals surface area contributed by atoms with E-state index in [9.17, 15) is 14.4 Å². The van der Waals surface area contributed by atoms with Crippen molar-refractivity contribution in [3.63, 3.8) is 0 Å². The van der Waals surface area contributed by atoms with Crippen molar-refractivity contribution in [2.45, 2.75) is 40.3 Å². The lowest BCUT2D eigenvalue weighted by atomic mass is 10.1. The van der Waals surface area contributed by atoms with Gasteiger partial charge < -0.3 is 19.4 Å².